The van der Waals surface area contributed by atoms with Crippen LogP contribution in [0.4, 0.5) is 4.79 Å². The molecule has 1 aliphatic carbocycles. The topological polar surface area (TPSA) is 44.4 Å². The second-order valence-electron chi connectivity index (χ2n) is 9.11. The van der Waals surface area contributed by atoms with Gasteiger partial charge in [0.25, 0.3) is 0 Å². The molecule has 1 saturated heterocycles. The first-order valence-electron chi connectivity index (χ1n) is 9.65. The van der Waals surface area contributed by atoms with E-state index in [-0.39, 0.29) is 22.5 Å². The zero-order chi connectivity index (χ0) is 18.1. The van der Waals surface area contributed by atoms with Crippen molar-refractivity contribution < 1.29 is 4.79 Å². The third kappa shape index (κ3) is 3.84. The molecule has 25 heavy (non-hydrogen) atoms. The first kappa shape index (κ1) is 18.2. The summed E-state index contributed by atoms with van der Waals surface area (Å²) in [7, 11) is 0. The number of hydrogen-bond donors (Lipinski definition) is 2. The molecule has 2 fully saturated rings. The highest BCUT2D eigenvalue weighted by Gasteiger charge is 2.49. The minimum absolute atomic E-state index is 0.0451. The van der Waals surface area contributed by atoms with E-state index in [0.717, 1.165) is 45.3 Å². The van der Waals surface area contributed by atoms with Crippen LogP contribution >= 0.6 is 0 Å². The van der Waals surface area contributed by atoms with Gasteiger partial charge >= 0.3 is 6.03 Å². The average molecular weight is 344 g/mol. The molecule has 0 radical (unpaired) electrons. The van der Waals surface area contributed by atoms with Gasteiger partial charge in [0.2, 0.25) is 0 Å². The maximum Gasteiger partial charge on any atom is 0.317 e. The number of amides is 2. The summed E-state index contributed by atoms with van der Waals surface area (Å²) >= 11 is 0. The first-order chi connectivity index (χ1) is 11.8. The zero-order valence-electron chi connectivity index (χ0n) is 16.2. The number of urea groups is 1. The monoisotopic (exact) mass is 343 g/mol. The lowest BCUT2D eigenvalue weighted by Gasteiger charge is -2.45. The molecule has 4 heteroatoms. The van der Waals surface area contributed by atoms with E-state index in [4.69, 9.17) is 0 Å². The van der Waals surface area contributed by atoms with Crippen LogP contribution in [-0.4, -0.2) is 36.1 Å². The molecule has 138 valence electrons. The summed E-state index contributed by atoms with van der Waals surface area (Å²) in [5.41, 5.74) is 1.51. The van der Waals surface area contributed by atoms with Crippen molar-refractivity contribution in [3.05, 3.63) is 35.9 Å². The Hall–Kier alpha value is -1.55. The van der Waals surface area contributed by atoms with Crippen molar-refractivity contribution in [1.82, 2.24) is 15.5 Å². The van der Waals surface area contributed by atoms with Crippen LogP contribution in [0, 0.1) is 5.41 Å². The van der Waals surface area contributed by atoms with Crippen molar-refractivity contribution in [2.24, 2.45) is 5.41 Å². The Kier molecular flexibility index (Phi) is 4.84. The van der Waals surface area contributed by atoms with Gasteiger partial charge in [0.05, 0.1) is 5.54 Å². The van der Waals surface area contributed by atoms with Gasteiger partial charge in [-0.2, -0.15) is 0 Å². The second-order valence-corrected chi connectivity index (χ2v) is 9.11. The normalized spacial score (nSPS) is 29.9. The molecule has 2 aliphatic rings. The van der Waals surface area contributed by atoms with Crippen molar-refractivity contribution >= 4 is 6.03 Å². The fraction of sp³-hybridized carbons (Fsp3) is 0.667. The molecular formula is C21H33N3O. The van der Waals surface area contributed by atoms with Gasteiger partial charge in [0.1, 0.15) is 0 Å². The van der Waals surface area contributed by atoms with E-state index in [2.05, 4.69) is 68.7 Å². The van der Waals surface area contributed by atoms with Crippen molar-refractivity contribution in [2.75, 3.05) is 19.6 Å². The van der Waals surface area contributed by atoms with Crippen molar-refractivity contribution in [2.45, 2.75) is 64.5 Å². The Morgan fingerprint density at radius 2 is 1.76 bits per heavy atom. The molecule has 1 aromatic carbocycles. The lowest BCUT2D eigenvalue weighted by molar-refractivity contribution is 0.146. The summed E-state index contributed by atoms with van der Waals surface area (Å²) in [6.45, 7) is 11.4. The van der Waals surface area contributed by atoms with Gasteiger partial charge in [0.15, 0.2) is 0 Å². The summed E-state index contributed by atoms with van der Waals surface area (Å²) in [5, 5.41) is 7.09. The van der Waals surface area contributed by atoms with E-state index in [0.29, 0.717) is 0 Å². The lowest BCUT2D eigenvalue weighted by Crippen LogP contribution is -2.54. The molecule has 3 rings (SSSR count). The third-order valence-corrected chi connectivity index (χ3v) is 5.72. The predicted octanol–water partition coefficient (Wildman–Crippen LogP) is 3.88. The largest absolute Gasteiger partial charge is 0.331 e. The van der Waals surface area contributed by atoms with Gasteiger partial charge in [-0.05, 0) is 43.2 Å². The van der Waals surface area contributed by atoms with Crippen LogP contribution < -0.4 is 10.6 Å². The van der Waals surface area contributed by atoms with Crippen LogP contribution in [0.2, 0.25) is 0 Å². The van der Waals surface area contributed by atoms with Gasteiger partial charge in [-0.3, -0.25) is 0 Å². The number of nitrogens with zero attached hydrogens (tertiary/aromatic N) is 1. The number of nitrogens with one attached hydrogen (secondary N) is 2. The first-order valence-corrected chi connectivity index (χ1v) is 9.65. The molecule has 0 bridgehead atoms. The average Bonchev–Trinajstić information content (AvgIpc) is 2.85. The number of rotatable bonds is 4. The van der Waals surface area contributed by atoms with Crippen LogP contribution in [0.5, 0.6) is 0 Å². The van der Waals surface area contributed by atoms with Crippen LogP contribution in [-0.2, 0) is 5.54 Å². The minimum atomic E-state index is -0.0456. The van der Waals surface area contributed by atoms with Crippen molar-refractivity contribution in [3.63, 3.8) is 0 Å². The zero-order valence-corrected chi connectivity index (χ0v) is 16.2. The summed E-state index contributed by atoms with van der Waals surface area (Å²) in [6.07, 6.45) is 4.19. The standard InChI is InChI=1S/C21H33N3O/c1-5-22-21(17-9-7-6-8-10-17)13-11-20(12-14-21)16-24(18(25)23-20)15-19(2,3)4/h6-10,22H,5,11-16H2,1-4H3,(H,23,25). The van der Waals surface area contributed by atoms with E-state index < -0.39 is 0 Å². The second kappa shape index (κ2) is 6.64. The number of carbonyl (C=O) groups excluding carboxylic acids is 1. The highest BCUT2D eigenvalue weighted by Crippen LogP contribution is 2.43. The molecule has 0 aromatic heterocycles. The smallest absolute Gasteiger partial charge is 0.317 e. The number of carbonyl (C=O) groups is 1. The van der Waals surface area contributed by atoms with Gasteiger partial charge in [-0.25, -0.2) is 4.79 Å². The van der Waals surface area contributed by atoms with E-state index in [9.17, 15) is 4.79 Å². The summed E-state index contributed by atoms with van der Waals surface area (Å²) in [6, 6.07) is 10.9. The quantitative estimate of drug-likeness (QED) is 0.871. The summed E-state index contributed by atoms with van der Waals surface area (Å²) < 4.78 is 0. The van der Waals surface area contributed by atoms with Gasteiger partial charge in [0, 0.05) is 18.6 Å². The third-order valence-electron chi connectivity index (χ3n) is 5.72. The molecule has 1 spiro atoms. The number of hydrogen-bond acceptors (Lipinski definition) is 2. The maximum absolute atomic E-state index is 12.5. The van der Waals surface area contributed by atoms with Crippen LogP contribution in [0.1, 0.15) is 58.9 Å². The molecule has 2 N–H and O–H groups in total. The lowest BCUT2D eigenvalue weighted by atomic mass is 9.69. The van der Waals surface area contributed by atoms with Crippen LogP contribution in [0.3, 0.4) is 0 Å². The van der Waals surface area contributed by atoms with E-state index in [1.54, 1.807) is 0 Å². The van der Waals surface area contributed by atoms with Crippen LogP contribution in [0.15, 0.2) is 30.3 Å². The molecule has 4 nitrogen and oxygen atoms in total. The van der Waals surface area contributed by atoms with Gasteiger partial charge in [-0.1, -0.05) is 58.0 Å². The van der Waals surface area contributed by atoms with Gasteiger partial charge < -0.3 is 15.5 Å². The molecule has 1 saturated carbocycles. The van der Waals surface area contributed by atoms with Crippen LogP contribution in [0.25, 0.3) is 0 Å². The predicted molar refractivity (Wildman–Crippen MR) is 103 cm³/mol. The Balaban J connectivity index is 1.73. The summed E-state index contributed by atoms with van der Waals surface area (Å²) in [5.74, 6) is 0. The van der Waals surface area contributed by atoms with Crippen molar-refractivity contribution in [3.8, 4) is 0 Å². The highest BCUT2D eigenvalue weighted by atomic mass is 16.2. The van der Waals surface area contributed by atoms with Gasteiger partial charge in [-0.15, -0.1) is 0 Å². The number of benzene rings is 1. The molecule has 2 amide bonds. The molecule has 0 atom stereocenters. The molecule has 1 heterocycles. The maximum atomic E-state index is 12.5. The highest BCUT2D eigenvalue weighted by molar-refractivity contribution is 5.78. The fourth-order valence-electron chi connectivity index (χ4n) is 4.58. The molecule has 1 aromatic rings. The fourth-order valence-corrected chi connectivity index (χ4v) is 4.58. The van der Waals surface area contributed by atoms with E-state index in [1.807, 2.05) is 4.90 Å². The Bertz CT molecular complexity index is 597. The van der Waals surface area contributed by atoms with Crippen molar-refractivity contribution in [1.29, 1.82) is 0 Å². The molecular weight excluding hydrogens is 310 g/mol. The Morgan fingerprint density at radius 3 is 2.32 bits per heavy atom. The van der Waals surface area contributed by atoms with E-state index >= 15 is 0 Å². The van der Waals surface area contributed by atoms with E-state index in [1.165, 1.54) is 5.56 Å². The minimum Gasteiger partial charge on any atom is -0.331 e. The molecule has 0 unspecified atom stereocenters. The Labute approximate surface area is 152 Å². The Morgan fingerprint density at radius 1 is 1.12 bits per heavy atom. The summed E-state index contributed by atoms with van der Waals surface area (Å²) in [4.78, 5) is 14.5. The SMILES string of the molecule is CCNC1(c2ccccc2)CCC2(CC1)CN(CC(C)(C)C)C(=O)N2. The molecule has 1 aliphatic heterocycles.